The first-order valence-corrected chi connectivity index (χ1v) is 7.66. The van der Waals surface area contributed by atoms with Gasteiger partial charge in [-0.05, 0) is 53.2 Å². The first kappa shape index (κ1) is 14.4. The molecular weight excluding hydrogens is 353 g/mol. The van der Waals surface area contributed by atoms with Crippen LogP contribution in [0.1, 0.15) is 5.56 Å². The lowest BCUT2D eigenvalue weighted by molar-refractivity contribution is 0.613. The molecule has 0 bridgehead atoms. The number of halogens is 3. The van der Waals surface area contributed by atoms with Crippen LogP contribution in [-0.2, 0) is 6.54 Å². The van der Waals surface area contributed by atoms with Gasteiger partial charge in [-0.1, -0.05) is 39.7 Å². The summed E-state index contributed by atoms with van der Waals surface area (Å²) >= 11 is 9.35. The third kappa shape index (κ3) is 3.36. The number of hydrogen-bond acceptors (Lipinski definition) is 1. The van der Waals surface area contributed by atoms with E-state index >= 15 is 0 Å². The molecule has 0 aromatic heterocycles. The van der Waals surface area contributed by atoms with Gasteiger partial charge in [0.25, 0.3) is 0 Å². The lowest BCUT2D eigenvalue weighted by Crippen LogP contribution is -2.01. The molecule has 106 valence electrons. The topological polar surface area (TPSA) is 12.0 Å². The summed E-state index contributed by atoms with van der Waals surface area (Å²) < 4.78 is 14.7. The first-order valence-electron chi connectivity index (χ1n) is 6.49. The number of anilines is 1. The molecule has 0 aliphatic heterocycles. The highest BCUT2D eigenvalue weighted by Crippen LogP contribution is 2.24. The zero-order valence-electron chi connectivity index (χ0n) is 11.0. The Morgan fingerprint density at radius 2 is 1.71 bits per heavy atom. The van der Waals surface area contributed by atoms with Crippen molar-refractivity contribution in [3.05, 3.63) is 75.5 Å². The summed E-state index contributed by atoms with van der Waals surface area (Å²) in [6, 6.07) is 16.8. The highest BCUT2D eigenvalue weighted by atomic mass is 79.9. The zero-order chi connectivity index (χ0) is 14.8. The normalized spacial score (nSPS) is 10.8. The maximum absolute atomic E-state index is 13.7. The van der Waals surface area contributed by atoms with E-state index in [1.807, 2.05) is 30.3 Å². The molecule has 0 heterocycles. The van der Waals surface area contributed by atoms with E-state index in [-0.39, 0.29) is 5.82 Å². The molecule has 4 heteroatoms. The lowest BCUT2D eigenvalue weighted by Gasteiger charge is -2.09. The molecule has 0 unspecified atom stereocenters. The molecule has 3 rings (SSSR count). The van der Waals surface area contributed by atoms with Crippen LogP contribution in [0.5, 0.6) is 0 Å². The van der Waals surface area contributed by atoms with Crippen LogP contribution in [0.3, 0.4) is 0 Å². The van der Waals surface area contributed by atoms with Gasteiger partial charge in [-0.3, -0.25) is 0 Å². The van der Waals surface area contributed by atoms with Crippen molar-refractivity contribution in [1.29, 1.82) is 0 Å². The standard InChI is InChI=1S/C17H12BrClFN/c18-14-3-1-12-9-16(5-2-11(12)7-14)21-10-13-8-15(19)4-6-17(13)20/h1-9,21H,10H2. The molecule has 0 saturated carbocycles. The third-order valence-electron chi connectivity index (χ3n) is 3.29. The van der Waals surface area contributed by atoms with E-state index in [1.54, 1.807) is 12.1 Å². The molecule has 3 aromatic rings. The number of nitrogens with one attached hydrogen (secondary N) is 1. The predicted molar refractivity (Wildman–Crippen MR) is 90.4 cm³/mol. The molecule has 0 aliphatic carbocycles. The SMILES string of the molecule is Fc1ccc(Cl)cc1CNc1ccc2cc(Br)ccc2c1. The van der Waals surface area contributed by atoms with Crippen LogP contribution >= 0.6 is 27.5 Å². The van der Waals surface area contributed by atoms with Crippen molar-refractivity contribution in [2.45, 2.75) is 6.54 Å². The smallest absolute Gasteiger partial charge is 0.128 e. The third-order valence-corrected chi connectivity index (χ3v) is 4.02. The van der Waals surface area contributed by atoms with E-state index in [0.29, 0.717) is 17.1 Å². The van der Waals surface area contributed by atoms with Gasteiger partial charge in [-0.25, -0.2) is 4.39 Å². The fourth-order valence-corrected chi connectivity index (χ4v) is 2.78. The van der Waals surface area contributed by atoms with E-state index in [0.717, 1.165) is 20.9 Å². The van der Waals surface area contributed by atoms with E-state index in [4.69, 9.17) is 11.6 Å². The summed E-state index contributed by atoms with van der Waals surface area (Å²) in [5.74, 6) is -0.253. The molecule has 0 amide bonds. The van der Waals surface area contributed by atoms with Gasteiger partial charge in [0.1, 0.15) is 5.82 Å². The van der Waals surface area contributed by atoms with Gasteiger partial charge in [-0.15, -0.1) is 0 Å². The van der Waals surface area contributed by atoms with Crippen molar-refractivity contribution >= 4 is 44.0 Å². The minimum absolute atomic E-state index is 0.253. The van der Waals surface area contributed by atoms with Crippen LogP contribution in [0.4, 0.5) is 10.1 Å². The highest BCUT2D eigenvalue weighted by molar-refractivity contribution is 9.10. The summed E-state index contributed by atoms with van der Waals surface area (Å²) in [6.45, 7) is 0.397. The molecule has 0 aliphatic rings. The molecule has 0 spiro atoms. The first-order chi connectivity index (χ1) is 10.1. The number of hydrogen-bond donors (Lipinski definition) is 1. The van der Waals surface area contributed by atoms with Gasteiger partial charge in [-0.2, -0.15) is 0 Å². The molecule has 1 nitrogen and oxygen atoms in total. The Balaban J connectivity index is 1.82. The maximum atomic E-state index is 13.7. The van der Waals surface area contributed by atoms with Gasteiger partial charge in [0.05, 0.1) is 0 Å². The second-order valence-electron chi connectivity index (χ2n) is 4.80. The van der Waals surface area contributed by atoms with Crippen LogP contribution in [0.15, 0.2) is 59.1 Å². The second-order valence-corrected chi connectivity index (χ2v) is 6.15. The Kier molecular flexibility index (Phi) is 4.13. The average molecular weight is 365 g/mol. The predicted octanol–water partition coefficient (Wildman–Crippen LogP) is 6.01. The van der Waals surface area contributed by atoms with Crippen LogP contribution in [0.25, 0.3) is 10.8 Å². The van der Waals surface area contributed by atoms with Crippen molar-refractivity contribution in [3.8, 4) is 0 Å². The summed E-state index contributed by atoms with van der Waals surface area (Å²) in [5, 5.41) is 6.05. The van der Waals surface area contributed by atoms with E-state index < -0.39 is 0 Å². The largest absolute Gasteiger partial charge is 0.381 e. The molecule has 3 aromatic carbocycles. The van der Waals surface area contributed by atoms with Gasteiger partial charge in [0.15, 0.2) is 0 Å². The van der Waals surface area contributed by atoms with Crippen molar-refractivity contribution in [2.75, 3.05) is 5.32 Å². The molecule has 0 radical (unpaired) electrons. The van der Waals surface area contributed by atoms with Crippen molar-refractivity contribution < 1.29 is 4.39 Å². The van der Waals surface area contributed by atoms with Gasteiger partial charge in [0, 0.05) is 27.3 Å². The van der Waals surface area contributed by atoms with Crippen molar-refractivity contribution in [1.82, 2.24) is 0 Å². The summed E-state index contributed by atoms with van der Waals surface area (Å²) in [4.78, 5) is 0. The molecular formula is C17H12BrClFN. The van der Waals surface area contributed by atoms with Crippen molar-refractivity contribution in [2.24, 2.45) is 0 Å². The van der Waals surface area contributed by atoms with Crippen LogP contribution in [0, 0.1) is 5.82 Å². The van der Waals surface area contributed by atoms with E-state index in [1.165, 1.54) is 6.07 Å². The van der Waals surface area contributed by atoms with Gasteiger partial charge < -0.3 is 5.32 Å². The van der Waals surface area contributed by atoms with E-state index in [9.17, 15) is 4.39 Å². The van der Waals surface area contributed by atoms with Gasteiger partial charge in [0.2, 0.25) is 0 Å². The monoisotopic (exact) mass is 363 g/mol. The zero-order valence-corrected chi connectivity index (χ0v) is 13.4. The number of benzene rings is 3. The second kappa shape index (κ2) is 6.04. The Bertz CT molecular complexity index is 804. The fourth-order valence-electron chi connectivity index (χ4n) is 2.20. The number of fused-ring (bicyclic) bond motifs is 1. The minimum Gasteiger partial charge on any atom is -0.381 e. The van der Waals surface area contributed by atoms with Gasteiger partial charge >= 0.3 is 0 Å². The molecule has 0 fully saturated rings. The Hall–Kier alpha value is -1.58. The van der Waals surface area contributed by atoms with Crippen molar-refractivity contribution in [3.63, 3.8) is 0 Å². The Morgan fingerprint density at radius 1 is 0.952 bits per heavy atom. The summed E-state index contributed by atoms with van der Waals surface area (Å²) in [5.41, 5.74) is 1.50. The Labute approximate surface area is 135 Å². The quantitative estimate of drug-likeness (QED) is 0.600. The molecule has 1 N–H and O–H groups in total. The fraction of sp³-hybridized carbons (Fsp3) is 0.0588. The lowest BCUT2D eigenvalue weighted by atomic mass is 10.1. The van der Waals surface area contributed by atoms with Crippen LogP contribution < -0.4 is 5.32 Å². The summed E-state index contributed by atoms with van der Waals surface area (Å²) in [6.07, 6.45) is 0. The maximum Gasteiger partial charge on any atom is 0.128 e. The highest BCUT2D eigenvalue weighted by Gasteiger charge is 2.03. The van der Waals surface area contributed by atoms with E-state index in [2.05, 4.69) is 27.3 Å². The average Bonchev–Trinajstić information content (AvgIpc) is 2.48. The Morgan fingerprint density at radius 3 is 2.57 bits per heavy atom. The molecule has 0 atom stereocenters. The molecule has 0 saturated heterocycles. The number of rotatable bonds is 3. The van der Waals surface area contributed by atoms with Crippen LogP contribution in [0.2, 0.25) is 5.02 Å². The summed E-state index contributed by atoms with van der Waals surface area (Å²) in [7, 11) is 0. The minimum atomic E-state index is -0.253. The van der Waals surface area contributed by atoms with Crippen LogP contribution in [-0.4, -0.2) is 0 Å². The molecule has 21 heavy (non-hydrogen) atoms.